The maximum atomic E-state index is 15.5. The fourth-order valence-electron chi connectivity index (χ4n) is 5.27. The Bertz CT molecular complexity index is 1750. The predicted octanol–water partition coefficient (Wildman–Crippen LogP) is 7.48. The minimum Gasteiger partial charge on any atom is -0.444 e. The molecule has 10 nitrogen and oxygen atoms in total. The Morgan fingerprint density at radius 3 is 2.47 bits per heavy atom. The number of carbonyl (C=O) groups excluding carboxylic acids is 2. The summed E-state index contributed by atoms with van der Waals surface area (Å²) in [5, 5.41) is 6.01. The maximum Gasteiger partial charge on any atom is 0.414 e. The topological polar surface area (TPSA) is 122 Å². The normalized spacial score (nSPS) is 13.8. The van der Waals surface area contributed by atoms with Gasteiger partial charge in [0.1, 0.15) is 23.1 Å². The van der Waals surface area contributed by atoms with Gasteiger partial charge < -0.3 is 10.1 Å². The van der Waals surface area contributed by atoms with Crippen molar-refractivity contribution in [2.24, 2.45) is 5.92 Å². The van der Waals surface area contributed by atoms with E-state index in [1.165, 1.54) is 18.5 Å². The standard InChI is InChI=1S/C33H37F2N7O3/c1-18(2)11-22-14-25(23(17-36-22)20-15-37-31(38-16-20)41-32(44)45-33(4,5)6)39-29-19(3)30(42-10-8-7-9-27(42)43)40-26-13-21(34)12-24(35)28(26)29/h12-18H,7-11H2,1-6H3,(H,36,39,40)(H,37,38,41,44). The second-order valence-corrected chi connectivity index (χ2v) is 12.6. The summed E-state index contributed by atoms with van der Waals surface area (Å²) < 4.78 is 35.2. The van der Waals surface area contributed by atoms with E-state index < -0.39 is 23.3 Å². The molecule has 2 amide bonds. The summed E-state index contributed by atoms with van der Waals surface area (Å²) in [6, 6.07) is 3.87. The van der Waals surface area contributed by atoms with Crippen molar-refractivity contribution in [3.63, 3.8) is 0 Å². The monoisotopic (exact) mass is 617 g/mol. The van der Waals surface area contributed by atoms with Gasteiger partial charge in [0, 0.05) is 71.8 Å². The first-order chi connectivity index (χ1) is 21.3. The summed E-state index contributed by atoms with van der Waals surface area (Å²) in [4.78, 5) is 44.5. The van der Waals surface area contributed by atoms with Gasteiger partial charge in [-0.05, 0) is 58.9 Å². The molecule has 3 aromatic heterocycles. The lowest BCUT2D eigenvalue weighted by Gasteiger charge is -2.29. The molecule has 0 spiro atoms. The maximum absolute atomic E-state index is 15.5. The molecular formula is C33H37F2N7O3. The Labute approximate surface area is 260 Å². The van der Waals surface area contributed by atoms with Gasteiger partial charge in [0.2, 0.25) is 11.9 Å². The molecular weight excluding hydrogens is 580 g/mol. The molecule has 0 unspecified atom stereocenters. The van der Waals surface area contributed by atoms with Crippen LogP contribution in [0.5, 0.6) is 0 Å². The molecule has 1 fully saturated rings. The zero-order chi connectivity index (χ0) is 32.5. The number of hydrogen-bond donors (Lipinski definition) is 2. The molecule has 0 radical (unpaired) electrons. The summed E-state index contributed by atoms with van der Waals surface area (Å²) in [5.41, 5.74) is 2.87. The molecule has 45 heavy (non-hydrogen) atoms. The van der Waals surface area contributed by atoms with Crippen LogP contribution < -0.4 is 15.5 Å². The number of aromatic nitrogens is 4. The van der Waals surface area contributed by atoms with E-state index in [-0.39, 0.29) is 22.8 Å². The number of halogens is 2. The van der Waals surface area contributed by atoms with Crippen LogP contribution in [0, 0.1) is 24.5 Å². The van der Waals surface area contributed by atoms with Crippen LogP contribution in [0.4, 0.5) is 36.7 Å². The summed E-state index contributed by atoms with van der Waals surface area (Å²) in [5.74, 6) is -0.891. The first-order valence-electron chi connectivity index (χ1n) is 15.0. The SMILES string of the molecule is Cc1c(N2CCCCC2=O)nc2cc(F)cc(F)c2c1Nc1cc(CC(C)C)ncc1-c1cnc(NC(=O)OC(C)(C)C)nc1. The van der Waals surface area contributed by atoms with E-state index in [1.807, 2.05) is 6.07 Å². The average molecular weight is 618 g/mol. The van der Waals surface area contributed by atoms with Crippen LogP contribution in [-0.4, -0.2) is 44.1 Å². The highest BCUT2D eigenvalue weighted by Crippen LogP contribution is 2.40. The highest BCUT2D eigenvalue weighted by molar-refractivity contribution is 6.02. The van der Waals surface area contributed by atoms with Crippen molar-refractivity contribution >= 4 is 46.0 Å². The number of anilines is 4. The summed E-state index contributed by atoms with van der Waals surface area (Å²) in [6.07, 6.45) is 6.73. The summed E-state index contributed by atoms with van der Waals surface area (Å²) in [7, 11) is 0. The molecule has 0 atom stereocenters. The molecule has 5 rings (SSSR count). The molecule has 1 saturated heterocycles. The first-order valence-corrected chi connectivity index (χ1v) is 15.0. The van der Waals surface area contributed by atoms with Crippen molar-refractivity contribution < 1.29 is 23.1 Å². The van der Waals surface area contributed by atoms with E-state index >= 15 is 4.39 Å². The number of amides is 2. The zero-order valence-corrected chi connectivity index (χ0v) is 26.3. The van der Waals surface area contributed by atoms with Crippen molar-refractivity contribution in [2.75, 3.05) is 22.1 Å². The number of ether oxygens (including phenoxy) is 1. The second kappa shape index (κ2) is 12.7. The zero-order valence-electron chi connectivity index (χ0n) is 26.3. The minimum absolute atomic E-state index is 0.0582. The van der Waals surface area contributed by atoms with E-state index in [0.717, 1.165) is 24.6 Å². The molecule has 1 aromatic carbocycles. The molecule has 0 saturated carbocycles. The third-order valence-electron chi connectivity index (χ3n) is 7.21. The van der Waals surface area contributed by atoms with Crippen LogP contribution in [0.1, 0.15) is 65.1 Å². The van der Waals surface area contributed by atoms with Crippen molar-refractivity contribution in [3.05, 3.63) is 59.7 Å². The van der Waals surface area contributed by atoms with Gasteiger partial charge >= 0.3 is 6.09 Å². The number of benzene rings is 1. The van der Waals surface area contributed by atoms with Gasteiger partial charge in [-0.3, -0.25) is 20.0 Å². The lowest BCUT2D eigenvalue weighted by atomic mass is 10.0. The van der Waals surface area contributed by atoms with Gasteiger partial charge in [0.15, 0.2) is 0 Å². The van der Waals surface area contributed by atoms with Gasteiger partial charge in [0.05, 0.1) is 16.6 Å². The van der Waals surface area contributed by atoms with E-state index in [9.17, 15) is 14.0 Å². The van der Waals surface area contributed by atoms with Crippen LogP contribution in [-0.2, 0) is 16.0 Å². The highest BCUT2D eigenvalue weighted by atomic mass is 19.1. The van der Waals surface area contributed by atoms with Crippen molar-refractivity contribution in [2.45, 2.75) is 72.8 Å². The van der Waals surface area contributed by atoms with E-state index in [4.69, 9.17) is 4.74 Å². The number of rotatable bonds is 7. The van der Waals surface area contributed by atoms with Gasteiger partial charge in [-0.2, -0.15) is 0 Å². The smallest absolute Gasteiger partial charge is 0.414 e. The second-order valence-electron chi connectivity index (χ2n) is 12.6. The average Bonchev–Trinajstić information content (AvgIpc) is 2.94. The van der Waals surface area contributed by atoms with Crippen LogP contribution >= 0.6 is 0 Å². The fraction of sp³-hybridized carbons (Fsp3) is 0.394. The minimum atomic E-state index is -0.779. The Hall–Kier alpha value is -4.74. The Morgan fingerprint density at radius 1 is 1.07 bits per heavy atom. The number of carbonyl (C=O) groups is 2. The van der Waals surface area contributed by atoms with Crippen LogP contribution in [0.3, 0.4) is 0 Å². The van der Waals surface area contributed by atoms with E-state index in [0.29, 0.717) is 59.2 Å². The quantitative estimate of drug-likeness (QED) is 0.219. The third kappa shape index (κ3) is 7.33. The molecule has 0 aliphatic carbocycles. The van der Waals surface area contributed by atoms with Gasteiger partial charge in [-0.25, -0.2) is 28.5 Å². The Morgan fingerprint density at radius 2 is 1.80 bits per heavy atom. The Balaban J connectivity index is 1.60. The van der Waals surface area contributed by atoms with Gasteiger partial charge in [0.25, 0.3) is 0 Å². The Kier molecular flexibility index (Phi) is 8.94. The van der Waals surface area contributed by atoms with Crippen molar-refractivity contribution in [3.8, 4) is 11.1 Å². The summed E-state index contributed by atoms with van der Waals surface area (Å²) in [6.45, 7) is 11.7. The number of nitrogens with zero attached hydrogens (tertiary/aromatic N) is 5. The van der Waals surface area contributed by atoms with E-state index in [1.54, 1.807) is 38.8 Å². The fourth-order valence-corrected chi connectivity index (χ4v) is 5.27. The molecule has 0 bridgehead atoms. The van der Waals surface area contributed by atoms with Crippen molar-refractivity contribution in [1.29, 1.82) is 0 Å². The predicted molar refractivity (Wildman–Crippen MR) is 170 cm³/mol. The first kappa shape index (κ1) is 31.7. The van der Waals surface area contributed by atoms with Crippen LogP contribution in [0.2, 0.25) is 0 Å². The largest absolute Gasteiger partial charge is 0.444 e. The molecule has 4 heterocycles. The van der Waals surface area contributed by atoms with Gasteiger partial charge in [-0.15, -0.1) is 0 Å². The van der Waals surface area contributed by atoms with Gasteiger partial charge in [-0.1, -0.05) is 13.8 Å². The molecule has 4 aromatic rings. The van der Waals surface area contributed by atoms with Crippen LogP contribution in [0.15, 0.2) is 36.8 Å². The lowest BCUT2D eigenvalue weighted by Crippen LogP contribution is -2.36. The number of fused-ring (bicyclic) bond motifs is 1. The molecule has 12 heteroatoms. The highest BCUT2D eigenvalue weighted by Gasteiger charge is 2.27. The van der Waals surface area contributed by atoms with Crippen molar-refractivity contribution in [1.82, 2.24) is 19.9 Å². The lowest BCUT2D eigenvalue weighted by molar-refractivity contribution is -0.119. The number of nitrogens with one attached hydrogen (secondary N) is 2. The molecule has 236 valence electrons. The van der Waals surface area contributed by atoms with E-state index in [2.05, 4.69) is 44.4 Å². The third-order valence-corrected chi connectivity index (χ3v) is 7.21. The van der Waals surface area contributed by atoms with Crippen LogP contribution in [0.25, 0.3) is 22.0 Å². The number of hydrogen-bond acceptors (Lipinski definition) is 8. The summed E-state index contributed by atoms with van der Waals surface area (Å²) >= 11 is 0. The number of pyridine rings is 2. The molecule has 1 aliphatic rings. The molecule has 2 N–H and O–H groups in total. The number of piperidine rings is 1. The molecule has 1 aliphatic heterocycles.